The SMILES string of the molecule is Cc1cc(C(O)c2ccsc2)ccn1. The van der Waals surface area contributed by atoms with E-state index in [4.69, 9.17) is 0 Å². The molecule has 3 heteroatoms. The van der Waals surface area contributed by atoms with Crippen LogP contribution in [0.15, 0.2) is 35.2 Å². The van der Waals surface area contributed by atoms with Crippen molar-refractivity contribution in [3.05, 3.63) is 52.0 Å². The lowest BCUT2D eigenvalue weighted by molar-refractivity contribution is 0.220. The van der Waals surface area contributed by atoms with E-state index in [1.807, 2.05) is 35.9 Å². The zero-order valence-electron chi connectivity index (χ0n) is 7.84. The number of hydrogen-bond acceptors (Lipinski definition) is 3. The van der Waals surface area contributed by atoms with Crippen LogP contribution in [-0.2, 0) is 0 Å². The molecule has 0 amide bonds. The van der Waals surface area contributed by atoms with Crippen LogP contribution in [0.4, 0.5) is 0 Å². The first kappa shape index (κ1) is 9.37. The fraction of sp³-hybridized carbons (Fsp3) is 0.182. The Bertz CT molecular complexity index is 411. The van der Waals surface area contributed by atoms with Gasteiger partial charge in [-0.2, -0.15) is 11.3 Å². The van der Waals surface area contributed by atoms with Crippen LogP contribution in [0.1, 0.15) is 22.9 Å². The summed E-state index contributed by atoms with van der Waals surface area (Å²) < 4.78 is 0. The summed E-state index contributed by atoms with van der Waals surface area (Å²) >= 11 is 1.59. The topological polar surface area (TPSA) is 33.1 Å². The van der Waals surface area contributed by atoms with E-state index in [2.05, 4.69) is 4.98 Å². The third-order valence-electron chi connectivity index (χ3n) is 2.10. The number of thiophene rings is 1. The van der Waals surface area contributed by atoms with Crippen molar-refractivity contribution in [1.82, 2.24) is 4.98 Å². The van der Waals surface area contributed by atoms with E-state index in [9.17, 15) is 5.11 Å². The molecule has 0 fully saturated rings. The molecule has 14 heavy (non-hydrogen) atoms. The molecule has 2 aromatic heterocycles. The monoisotopic (exact) mass is 205 g/mol. The quantitative estimate of drug-likeness (QED) is 0.817. The van der Waals surface area contributed by atoms with E-state index in [0.29, 0.717) is 0 Å². The minimum absolute atomic E-state index is 0.525. The summed E-state index contributed by atoms with van der Waals surface area (Å²) in [5.74, 6) is 0. The predicted octanol–water partition coefficient (Wildman–Crippen LogP) is 2.53. The Hall–Kier alpha value is -1.19. The maximum atomic E-state index is 9.98. The van der Waals surface area contributed by atoms with E-state index in [1.54, 1.807) is 17.5 Å². The van der Waals surface area contributed by atoms with Crippen LogP contribution in [0.3, 0.4) is 0 Å². The summed E-state index contributed by atoms with van der Waals surface area (Å²) in [5.41, 5.74) is 2.77. The van der Waals surface area contributed by atoms with Crippen molar-refractivity contribution in [3.8, 4) is 0 Å². The van der Waals surface area contributed by atoms with Gasteiger partial charge in [0.2, 0.25) is 0 Å². The molecule has 0 radical (unpaired) electrons. The van der Waals surface area contributed by atoms with Crippen LogP contribution in [0.2, 0.25) is 0 Å². The molecular formula is C11H11NOS. The number of nitrogens with zero attached hydrogens (tertiary/aromatic N) is 1. The zero-order valence-corrected chi connectivity index (χ0v) is 8.66. The molecule has 2 heterocycles. The van der Waals surface area contributed by atoms with E-state index in [-0.39, 0.29) is 0 Å². The molecule has 0 aliphatic rings. The molecule has 2 rings (SSSR count). The van der Waals surface area contributed by atoms with Gasteiger partial charge in [0.05, 0.1) is 0 Å². The molecule has 0 aromatic carbocycles. The Labute approximate surface area is 86.9 Å². The van der Waals surface area contributed by atoms with Crippen molar-refractivity contribution >= 4 is 11.3 Å². The Balaban J connectivity index is 2.32. The lowest BCUT2D eigenvalue weighted by atomic mass is 10.1. The second kappa shape index (κ2) is 3.90. The average molecular weight is 205 g/mol. The lowest BCUT2D eigenvalue weighted by Crippen LogP contribution is -1.98. The standard InChI is InChI=1S/C11H11NOS/c1-8-6-9(2-4-12-8)11(13)10-3-5-14-7-10/h2-7,11,13H,1H3. The molecule has 2 aromatic rings. The van der Waals surface area contributed by atoms with Crippen molar-refractivity contribution in [2.45, 2.75) is 13.0 Å². The summed E-state index contributed by atoms with van der Waals surface area (Å²) in [6.45, 7) is 1.92. The van der Waals surface area contributed by atoms with Gasteiger partial charge in [-0.05, 0) is 47.0 Å². The number of hydrogen-bond donors (Lipinski definition) is 1. The van der Waals surface area contributed by atoms with E-state index in [0.717, 1.165) is 16.8 Å². The number of rotatable bonds is 2. The highest BCUT2D eigenvalue weighted by Crippen LogP contribution is 2.23. The molecule has 0 spiro atoms. The van der Waals surface area contributed by atoms with Gasteiger partial charge >= 0.3 is 0 Å². The number of pyridine rings is 1. The molecule has 0 saturated carbocycles. The highest BCUT2D eigenvalue weighted by molar-refractivity contribution is 7.07. The largest absolute Gasteiger partial charge is 0.384 e. The third-order valence-corrected chi connectivity index (χ3v) is 2.80. The van der Waals surface area contributed by atoms with Crippen LogP contribution >= 0.6 is 11.3 Å². The first-order valence-corrected chi connectivity index (χ1v) is 5.34. The molecule has 2 nitrogen and oxygen atoms in total. The Morgan fingerprint density at radius 1 is 1.36 bits per heavy atom. The Morgan fingerprint density at radius 3 is 2.86 bits per heavy atom. The van der Waals surface area contributed by atoms with Crippen LogP contribution in [0.5, 0.6) is 0 Å². The van der Waals surface area contributed by atoms with Crippen LogP contribution in [-0.4, -0.2) is 10.1 Å². The molecule has 1 N–H and O–H groups in total. The fourth-order valence-electron chi connectivity index (χ4n) is 1.36. The molecule has 0 aliphatic heterocycles. The van der Waals surface area contributed by atoms with Gasteiger partial charge in [0.15, 0.2) is 0 Å². The second-order valence-electron chi connectivity index (χ2n) is 3.19. The summed E-state index contributed by atoms with van der Waals surface area (Å²) in [7, 11) is 0. The van der Waals surface area contributed by atoms with E-state index >= 15 is 0 Å². The molecule has 0 aliphatic carbocycles. The summed E-state index contributed by atoms with van der Waals surface area (Å²) in [4.78, 5) is 4.10. The Morgan fingerprint density at radius 2 is 2.21 bits per heavy atom. The molecule has 0 saturated heterocycles. The molecule has 72 valence electrons. The van der Waals surface area contributed by atoms with Gasteiger partial charge < -0.3 is 5.11 Å². The highest BCUT2D eigenvalue weighted by Gasteiger charge is 2.10. The van der Waals surface area contributed by atoms with Crippen molar-refractivity contribution in [1.29, 1.82) is 0 Å². The van der Waals surface area contributed by atoms with E-state index < -0.39 is 6.10 Å². The lowest BCUT2D eigenvalue weighted by Gasteiger charge is -2.09. The number of aliphatic hydroxyl groups excluding tert-OH is 1. The first-order chi connectivity index (χ1) is 6.77. The summed E-state index contributed by atoms with van der Waals surface area (Å²) in [6.07, 6.45) is 1.20. The van der Waals surface area contributed by atoms with Crippen LogP contribution in [0, 0.1) is 6.92 Å². The molecule has 1 unspecified atom stereocenters. The van der Waals surface area contributed by atoms with Gasteiger partial charge in [-0.1, -0.05) is 0 Å². The van der Waals surface area contributed by atoms with Gasteiger partial charge in [-0.15, -0.1) is 0 Å². The van der Waals surface area contributed by atoms with Crippen molar-refractivity contribution in [2.75, 3.05) is 0 Å². The molecular weight excluding hydrogens is 194 g/mol. The molecule has 1 atom stereocenters. The predicted molar refractivity (Wildman–Crippen MR) is 57.4 cm³/mol. The third kappa shape index (κ3) is 1.84. The first-order valence-electron chi connectivity index (χ1n) is 4.40. The number of aryl methyl sites for hydroxylation is 1. The maximum absolute atomic E-state index is 9.98. The number of aromatic nitrogens is 1. The van der Waals surface area contributed by atoms with Crippen molar-refractivity contribution in [2.24, 2.45) is 0 Å². The number of aliphatic hydroxyl groups is 1. The van der Waals surface area contributed by atoms with Crippen LogP contribution in [0.25, 0.3) is 0 Å². The minimum atomic E-state index is -0.525. The maximum Gasteiger partial charge on any atom is 0.105 e. The van der Waals surface area contributed by atoms with Gasteiger partial charge in [-0.3, -0.25) is 4.98 Å². The molecule has 0 bridgehead atoms. The Kier molecular flexibility index (Phi) is 2.61. The van der Waals surface area contributed by atoms with Gasteiger partial charge in [0, 0.05) is 11.9 Å². The smallest absolute Gasteiger partial charge is 0.105 e. The van der Waals surface area contributed by atoms with Crippen molar-refractivity contribution in [3.63, 3.8) is 0 Å². The normalized spacial score (nSPS) is 12.7. The summed E-state index contributed by atoms with van der Waals surface area (Å²) in [6, 6.07) is 5.68. The fourth-order valence-corrected chi connectivity index (χ4v) is 2.04. The minimum Gasteiger partial charge on any atom is -0.384 e. The van der Waals surface area contributed by atoms with Gasteiger partial charge in [0.25, 0.3) is 0 Å². The van der Waals surface area contributed by atoms with Gasteiger partial charge in [0.1, 0.15) is 6.10 Å². The van der Waals surface area contributed by atoms with Crippen LogP contribution < -0.4 is 0 Å². The van der Waals surface area contributed by atoms with E-state index in [1.165, 1.54) is 0 Å². The summed E-state index contributed by atoms with van der Waals surface area (Å²) in [5, 5.41) is 13.9. The zero-order chi connectivity index (χ0) is 9.97. The second-order valence-corrected chi connectivity index (χ2v) is 3.97. The average Bonchev–Trinajstić information content (AvgIpc) is 2.69. The van der Waals surface area contributed by atoms with Gasteiger partial charge in [-0.25, -0.2) is 0 Å². The highest BCUT2D eigenvalue weighted by atomic mass is 32.1. The van der Waals surface area contributed by atoms with Crippen molar-refractivity contribution < 1.29 is 5.11 Å².